The van der Waals surface area contributed by atoms with E-state index in [1.165, 1.54) is 0 Å². The number of isocyanates is 1. The molecule has 0 aromatic carbocycles. The van der Waals surface area contributed by atoms with Crippen LogP contribution in [0.1, 0.15) is 0 Å². The number of primary amides is 1. The molecule has 0 spiro atoms. The van der Waals surface area contributed by atoms with Gasteiger partial charge < -0.3 is 21.1 Å². The van der Waals surface area contributed by atoms with E-state index in [1.807, 2.05) is 0 Å². The van der Waals surface area contributed by atoms with Crippen molar-refractivity contribution in [2.45, 2.75) is 5.91 Å². The minimum Gasteiger partial charge on any atom is -0.389 e. The molecule has 0 aliphatic carbocycles. The second kappa shape index (κ2) is 3.79. The SMILES string of the molecule is NC(=O)N(N=C=O)C(O)(O)CO. The maximum atomic E-state index is 10.3. The van der Waals surface area contributed by atoms with Crippen LogP contribution in [0.3, 0.4) is 0 Å². The lowest BCUT2D eigenvalue weighted by Gasteiger charge is -2.25. The molecule has 0 aromatic heterocycles. The number of nitrogens with zero attached hydrogens (tertiary/aromatic N) is 2. The second-order valence-electron chi connectivity index (χ2n) is 1.77. The summed E-state index contributed by atoms with van der Waals surface area (Å²) in [5.74, 6) is -2.98. The number of aliphatic hydroxyl groups is 3. The Morgan fingerprint density at radius 3 is 2.42 bits per heavy atom. The van der Waals surface area contributed by atoms with Gasteiger partial charge in [-0.25, -0.2) is 9.59 Å². The van der Waals surface area contributed by atoms with Gasteiger partial charge in [0, 0.05) is 0 Å². The minimum absolute atomic E-state index is 0.208. The van der Waals surface area contributed by atoms with Crippen molar-refractivity contribution in [1.29, 1.82) is 0 Å². The van der Waals surface area contributed by atoms with Crippen LogP contribution in [0.4, 0.5) is 4.79 Å². The third-order valence-electron chi connectivity index (χ3n) is 0.901. The van der Waals surface area contributed by atoms with Crippen LogP contribution in [0.2, 0.25) is 0 Å². The van der Waals surface area contributed by atoms with Crippen LogP contribution in [-0.2, 0) is 4.79 Å². The number of hydrogen-bond acceptors (Lipinski definition) is 6. The van der Waals surface area contributed by atoms with Gasteiger partial charge in [0.05, 0.1) is 0 Å². The molecular formula is C4H7N3O5. The number of urea groups is 1. The predicted molar refractivity (Wildman–Crippen MR) is 33.8 cm³/mol. The molecule has 0 saturated heterocycles. The Balaban J connectivity index is 4.73. The van der Waals surface area contributed by atoms with Crippen LogP contribution in [-0.4, -0.2) is 45.0 Å². The van der Waals surface area contributed by atoms with Crippen molar-refractivity contribution in [1.82, 2.24) is 5.01 Å². The molecule has 8 nitrogen and oxygen atoms in total. The molecule has 0 saturated carbocycles. The highest BCUT2D eigenvalue weighted by atomic mass is 16.6. The average Bonchev–Trinajstić information content (AvgIpc) is 1.99. The highest BCUT2D eigenvalue weighted by molar-refractivity contribution is 5.72. The van der Waals surface area contributed by atoms with Crippen molar-refractivity contribution in [3.05, 3.63) is 0 Å². The summed E-state index contributed by atoms with van der Waals surface area (Å²) in [6, 6.07) is -1.41. The van der Waals surface area contributed by atoms with E-state index in [0.717, 1.165) is 6.08 Å². The van der Waals surface area contributed by atoms with Gasteiger partial charge in [-0.3, -0.25) is 0 Å². The molecule has 0 heterocycles. The third kappa shape index (κ3) is 2.29. The van der Waals surface area contributed by atoms with Gasteiger partial charge in [-0.15, -0.1) is 5.01 Å². The Morgan fingerprint density at radius 1 is 1.67 bits per heavy atom. The molecule has 0 fully saturated rings. The molecule has 0 aliphatic heterocycles. The van der Waals surface area contributed by atoms with Gasteiger partial charge in [-0.2, -0.15) is 0 Å². The number of amides is 2. The molecule has 0 aliphatic rings. The van der Waals surface area contributed by atoms with E-state index in [0.29, 0.717) is 0 Å². The van der Waals surface area contributed by atoms with Gasteiger partial charge in [-0.1, -0.05) is 5.10 Å². The maximum absolute atomic E-state index is 10.3. The van der Waals surface area contributed by atoms with Crippen LogP contribution in [0.25, 0.3) is 0 Å². The van der Waals surface area contributed by atoms with E-state index >= 15 is 0 Å². The van der Waals surface area contributed by atoms with Crippen LogP contribution in [0.5, 0.6) is 0 Å². The smallest absolute Gasteiger partial charge is 0.340 e. The standard InChI is InChI=1S/C4H7N3O5/c5-3(10)7(6-2-9)4(11,12)1-8/h8,11-12H,1H2,(H2,5,10). The summed E-state index contributed by atoms with van der Waals surface area (Å²) in [6.07, 6.45) is 0.859. The van der Waals surface area contributed by atoms with Crippen molar-refractivity contribution in [3.8, 4) is 0 Å². The normalized spacial score (nSPS) is 10.2. The lowest BCUT2D eigenvalue weighted by Crippen LogP contribution is -2.53. The van der Waals surface area contributed by atoms with Gasteiger partial charge in [0.2, 0.25) is 0 Å². The van der Waals surface area contributed by atoms with E-state index in [2.05, 4.69) is 10.8 Å². The Hall–Kier alpha value is -1.47. The van der Waals surface area contributed by atoms with Gasteiger partial charge in [0.15, 0.2) is 0 Å². The first-order chi connectivity index (χ1) is 5.45. The first kappa shape index (κ1) is 10.5. The van der Waals surface area contributed by atoms with Crippen molar-refractivity contribution in [2.24, 2.45) is 10.8 Å². The minimum atomic E-state index is -2.98. The van der Waals surface area contributed by atoms with Crippen LogP contribution < -0.4 is 5.73 Å². The van der Waals surface area contributed by atoms with Crippen molar-refractivity contribution >= 4 is 12.1 Å². The molecule has 0 aromatic rings. The van der Waals surface area contributed by atoms with Crippen molar-refractivity contribution < 1.29 is 24.9 Å². The molecule has 0 radical (unpaired) electrons. The lowest BCUT2D eigenvalue weighted by molar-refractivity contribution is -0.262. The largest absolute Gasteiger partial charge is 0.389 e. The van der Waals surface area contributed by atoms with Crippen LogP contribution in [0.15, 0.2) is 5.10 Å². The zero-order valence-corrected chi connectivity index (χ0v) is 5.84. The maximum Gasteiger partial charge on any atom is 0.340 e. The van der Waals surface area contributed by atoms with Crippen LogP contribution >= 0.6 is 0 Å². The molecule has 0 rings (SSSR count). The summed E-state index contributed by atoms with van der Waals surface area (Å²) >= 11 is 0. The molecule has 5 N–H and O–H groups in total. The molecule has 0 unspecified atom stereocenters. The lowest BCUT2D eigenvalue weighted by atomic mass is 10.5. The molecule has 2 amide bonds. The zero-order chi connectivity index (χ0) is 9.78. The zero-order valence-electron chi connectivity index (χ0n) is 5.84. The van der Waals surface area contributed by atoms with E-state index in [9.17, 15) is 9.59 Å². The second-order valence-corrected chi connectivity index (χ2v) is 1.77. The van der Waals surface area contributed by atoms with E-state index in [1.54, 1.807) is 0 Å². The van der Waals surface area contributed by atoms with Crippen LogP contribution in [0, 0.1) is 0 Å². The molecule has 0 atom stereocenters. The summed E-state index contributed by atoms with van der Waals surface area (Å²) in [6.45, 7) is -1.24. The Labute approximate surface area is 66.5 Å². The van der Waals surface area contributed by atoms with Gasteiger partial charge in [0.25, 0.3) is 12.0 Å². The molecule has 0 bridgehead atoms. The number of nitrogens with two attached hydrogens (primary N) is 1. The topological polar surface area (TPSA) is 136 Å². The fraction of sp³-hybridized carbons (Fsp3) is 0.500. The Kier molecular flexibility index (Phi) is 3.32. The number of carbonyl (C=O) groups excluding carboxylic acids is 2. The number of hydrazone groups is 1. The first-order valence-corrected chi connectivity index (χ1v) is 2.68. The van der Waals surface area contributed by atoms with Crippen molar-refractivity contribution in [3.63, 3.8) is 0 Å². The number of aliphatic hydroxyl groups excluding tert-OH is 1. The van der Waals surface area contributed by atoms with E-state index in [4.69, 9.17) is 15.3 Å². The molecule has 12 heavy (non-hydrogen) atoms. The third-order valence-corrected chi connectivity index (χ3v) is 0.901. The fourth-order valence-corrected chi connectivity index (χ4v) is 0.414. The predicted octanol–water partition coefficient (Wildman–Crippen LogP) is -2.75. The quantitative estimate of drug-likeness (QED) is 0.160. The highest BCUT2D eigenvalue weighted by Gasteiger charge is 2.34. The summed E-state index contributed by atoms with van der Waals surface area (Å²) in [5, 5.41) is 28.1. The van der Waals surface area contributed by atoms with E-state index in [-0.39, 0.29) is 5.01 Å². The fourth-order valence-electron chi connectivity index (χ4n) is 0.414. The van der Waals surface area contributed by atoms with E-state index < -0.39 is 18.5 Å². The van der Waals surface area contributed by atoms with Crippen molar-refractivity contribution in [2.75, 3.05) is 6.61 Å². The highest BCUT2D eigenvalue weighted by Crippen LogP contribution is 2.06. The number of carbonyl (C=O) groups is 1. The average molecular weight is 177 g/mol. The van der Waals surface area contributed by atoms with Gasteiger partial charge >= 0.3 is 6.03 Å². The molecule has 68 valence electrons. The number of rotatable bonds is 3. The summed E-state index contributed by atoms with van der Waals surface area (Å²) in [4.78, 5) is 20.0. The summed E-state index contributed by atoms with van der Waals surface area (Å²) in [7, 11) is 0. The first-order valence-electron chi connectivity index (χ1n) is 2.68. The summed E-state index contributed by atoms with van der Waals surface area (Å²) < 4.78 is 0. The van der Waals surface area contributed by atoms with Gasteiger partial charge in [0.1, 0.15) is 6.61 Å². The Morgan fingerprint density at radius 2 is 2.17 bits per heavy atom. The molecular weight excluding hydrogens is 170 g/mol. The number of hydrogen-bond donors (Lipinski definition) is 4. The Bertz CT molecular complexity index is 219. The monoisotopic (exact) mass is 177 g/mol. The van der Waals surface area contributed by atoms with Gasteiger partial charge in [-0.05, 0) is 0 Å². The summed E-state index contributed by atoms with van der Waals surface area (Å²) in [5.41, 5.74) is 4.57. The molecule has 8 heteroatoms.